The SMILES string of the molecule is CCN1C(=O)[C@H](Cc2oc3c(C)cccc3c2C)c2cc(Br)ccc21. The Hall–Kier alpha value is -2.07. The van der Waals surface area contributed by atoms with Gasteiger partial charge in [0.1, 0.15) is 11.3 Å². The molecule has 2 aromatic carbocycles. The first-order chi connectivity index (χ1) is 12.0. The van der Waals surface area contributed by atoms with Crippen molar-refractivity contribution in [1.29, 1.82) is 0 Å². The molecule has 0 unspecified atom stereocenters. The molecule has 4 heteroatoms. The van der Waals surface area contributed by atoms with Crippen LogP contribution in [0.5, 0.6) is 0 Å². The Labute approximate surface area is 155 Å². The largest absolute Gasteiger partial charge is 0.460 e. The molecular weight excluding hydrogens is 378 g/mol. The highest BCUT2D eigenvalue weighted by molar-refractivity contribution is 9.10. The van der Waals surface area contributed by atoms with E-state index in [-0.39, 0.29) is 11.8 Å². The molecule has 0 spiro atoms. The molecule has 25 heavy (non-hydrogen) atoms. The molecule has 0 saturated carbocycles. The van der Waals surface area contributed by atoms with Crippen LogP contribution in [0.3, 0.4) is 0 Å². The summed E-state index contributed by atoms with van der Waals surface area (Å²) in [6, 6.07) is 12.3. The minimum atomic E-state index is -0.188. The normalized spacial score (nSPS) is 16.7. The molecule has 1 aliphatic heterocycles. The van der Waals surface area contributed by atoms with E-state index in [0.29, 0.717) is 13.0 Å². The second kappa shape index (κ2) is 6.03. The molecule has 0 aliphatic carbocycles. The van der Waals surface area contributed by atoms with Gasteiger partial charge in [-0.3, -0.25) is 4.79 Å². The Morgan fingerprint density at radius 1 is 1.20 bits per heavy atom. The van der Waals surface area contributed by atoms with Crippen LogP contribution in [-0.4, -0.2) is 12.5 Å². The number of aryl methyl sites for hydroxylation is 2. The van der Waals surface area contributed by atoms with Gasteiger partial charge in [-0.25, -0.2) is 0 Å². The number of hydrogen-bond donors (Lipinski definition) is 0. The highest BCUT2D eigenvalue weighted by Crippen LogP contribution is 2.41. The highest BCUT2D eigenvalue weighted by atomic mass is 79.9. The lowest BCUT2D eigenvalue weighted by molar-refractivity contribution is -0.119. The summed E-state index contributed by atoms with van der Waals surface area (Å²) in [5.41, 5.74) is 5.30. The average Bonchev–Trinajstić information content (AvgIpc) is 3.05. The van der Waals surface area contributed by atoms with E-state index in [0.717, 1.165) is 43.6 Å². The Morgan fingerprint density at radius 2 is 2.00 bits per heavy atom. The molecule has 4 rings (SSSR count). The molecule has 0 bridgehead atoms. The zero-order valence-corrected chi connectivity index (χ0v) is 16.2. The molecule has 128 valence electrons. The number of amides is 1. The van der Waals surface area contributed by atoms with Crippen molar-refractivity contribution in [1.82, 2.24) is 0 Å². The van der Waals surface area contributed by atoms with Gasteiger partial charge in [-0.1, -0.05) is 34.1 Å². The van der Waals surface area contributed by atoms with Gasteiger partial charge in [0.15, 0.2) is 0 Å². The summed E-state index contributed by atoms with van der Waals surface area (Å²) in [6.07, 6.45) is 0.596. The fourth-order valence-corrected chi connectivity index (χ4v) is 4.21. The number of furan rings is 1. The van der Waals surface area contributed by atoms with E-state index in [1.165, 1.54) is 0 Å². The number of carbonyl (C=O) groups excluding carboxylic acids is 1. The van der Waals surface area contributed by atoms with E-state index in [1.807, 2.05) is 24.0 Å². The van der Waals surface area contributed by atoms with Crippen LogP contribution in [0.4, 0.5) is 5.69 Å². The van der Waals surface area contributed by atoms with E-state index in [2.05, 4.69) is 54.0 Å². The maximum absolute atomic E-state index is 13.0. The molecule has 3 aromatic rings. The van der Waals surface area contributed by atoms with Gasteiger partial charge in [-0.05, 0) is 55.7 Å². The summed E-state index contributed by atoms with van der Waals surface area (Å²) in [5, 5.41) is 1.14. The number of halogens is 1. The number of hydrogen-bond acceptors (Lipinski definition) is 2. The summed E-state index contributed by atoms with van der Waals surface area (Å²) in [4.78, 5) is 14.8. The summed E-state index contributed by atoms with van der Waals surface area (Å²) in [6.45, 7) is 6.84. The summed E-state index contributed by atoms with van der Waals surface area (Å²) in [5.74, 6) is 0.880. The van der Waals surface area contributed by atoms with E-state index in [9.17, 15) is 4.79 Å². The summed E-state index contributed by atoms with van der Waals surface area (Å²) in [7, 11) is 0. The third-order valence-corrected chi connectivity index (χ3v) is 5.68. The molecule has 0 saturated heterocycles. The second-order valence-electron chi connectivity index (χ2n) is 6.64. The molecule has 1 amide bonds. The van der Waals surface area contributed by atoms with Crippen LogP contribution in [0.25, 0.3) is 11.0 Å². The Bertz CT molecular complexity index is 989. The van der Waals surface area contributed by atoms with Crippen molar-refractivity contribution in [2.24, 2.45) is 0 Å². The van der Waals surface area contributed by atoms with E-state index >= 15 is 0 Å². The Morgan fingerprint density at radius 3 is 2.72 bits per heavy atom. The van der Waals surface area contributed by atoms with Crippen molar-refractivity contribution >= 4 is 38.5 Å². The number of para-hydroxylation sites is 1. The van der Waals surface area contributed by atoms with Gasteiger partial charge in [0, 0.05) is 28.5 Å². The zero-order valence-electron chi connectivity index (χ0n) is 14.6. The van der Waals surface area contributed by atoms with E-state index < -0.39 is 0 Å². The number of fused-ring (bicyclic) bond motifs is 2. The maximum atomic E-state index is 13.0. The van der Waals surface area contributed by atoms with Crippen LogP contribution in [0.1, 0.15) is 35.3 Å². The van der Waals surface area contributed by atoms with Crippen LogP contribution in [0.15, 0.2) is 45.3 Å². The minimum Gasteiger partial charge on any atom is -0.460 e. The fraction of sp³-hybridized carbons (Fsp3) is 0.286. The lowest BCUT2D eigenvalue weighted by atomic mass is 9.94. The monoisotopic (exact) mass is 397 g/mol. The lowest BCUT2D eigenvalue weighted by Gasteiger charge is -2.15. The first-order valence-electron chi connectivity index (χ1n) is 8.59. The van der Waals surface area contributed by atoms with E-state index in [4.69, 9.17) is 4.42 Å². The molecule has 1 aliphatic rings. The third kappa shape index (κ3) is 2.51. The molecular formula is C21H20BrNO2. The lowest BCUT2D eigenvalue weighted by Crippen LogP contribution is -2.29. The highest BCUT2D eigenvalue weighted by Gasteiger charge is 2.37. The number of nitrogens with zero attached hydrogens (tertiary/aromatic N) is 1. The Balaban J connectivity index is 1.79. The second-order valence-corrected chi connectivity index (χ2v) is 7.56. The molecule has 3 nitrogen and oxygen atoms in total. The van der Waals surface area contributed by atoms with E-state index in [1.54, 1.807) is 0 Å². The first-order valence-corrected chi connectivity index (χ1v) is 9.39. The van der Waals surface area contributed by atoms with Gasteiger partial charge in [-0.15, -0.1) is 0 Å². The zero-order chi connectivity index (χ0) is 17.7. The van der Waals surface area contributed by atoms with Crippen molar-refractivity contribution in [3.05, 3.63) is 63.3 Å². The third-order valence-electron chi connectivity index (χ3n) is 5.19. The molecule has 1 atom stereocenters. The van der Waals surface area contributed by atoms with Crippen molar-refractivity contribution in [2.45, 2.75) is 33.1 Å². The van der Waals surface area contributed by atoms with Gasteiger partial charge in [0.25, 0.3) is 0 Å². The number of likely N-dealkylation sites (N-methyl/N-ethyl adjacent to an activating group) is 1. The fourth-order valence-electron chi connectivity index (χ4n) is 3.83. The van der Waals surface area contributed by atoms with Gasteiger partial charge in [0.05, 0.1) is 5.92 Å². The number of rotatable bonds is 3. The van der Waals surface area contributed by atoms with Crippen LogP contribution in [0, 0.1) is 13.8 Å². The number of anilines is 1. The van der Waals surface area contributed by atoms with Crippen molar-refractivity contribution < 1.29 is 9.21 Å². The average molecular weight is 398 g/mol. The molecule has 0 fully saturated rings. The van der Waals surface area contributed by atoms with Crippen molar-refractivity contribution in [2.75, 3.05) is 11.4 Å². The van der Waals surface area contributed by atoms with Gasteiger partial charge >= 0.3 is 0 Å². The van der Waals surface area contributed by atoms with Crippen LogP contribution >= 0.6 is 15.9 Å². The van der Waals surface area contributed by atoms with Crippen LogP contribution in [-0.2, 0) is 11.2 Å². The smallest absolute Gasteiger partial charge is 0.235 e. The Kier molecular flexibility index (Phi) is 3.95. The predicted octanol–water partition coefficient (Wildman–Crippen LogP) is 5.50. The van der Waals surface area contributed by atoms with Crippen LogP contribution < -0.4 is 4.90 Å². The predicted molar refractivity (Wildman–Crippen MR) is 104 cm³/mol. The minimum absolute atomic E-state index is 0.159. The van der Waals surface area contributed by atoms with Crippen molar-refractivity contribution in [3.63, 3.8) is 0 Å². The molecule has 0 radical (unpaired) electrons. The van der Waals surface area contributed by atoms with Gasteiger partial charge < -0.3 is 9.32 Å². The summed E-state index contributed by atoms with van der Waals surface area (Å²) >= 11 is 3.54. The number of benzene rings is 2. The van der Waals surface area contributed by atoms with Crippen molar-refractivity contribution in [3.8, 4) is 0 Å². The van der Waals surface area contributed by atoms with Gasteiger partial charge in [-0.2, -0.15) is 0 Å². The quantitative estimate of drug-likeness (QED) is 0.583. The number of carbonyl (C=O) groups is 1. The molecule has 0 N–H and O–H groups in total. The standard InChI is InChI=1S/C21H20BrNO2/c1-4-23-18-9-8-14(22)10-16(18)17(21(23)24)11-19-13(3)15-7-5-6-12(2)20(15)25-19/h5-10,17H,4,11H2,1-3H3/t17-/m1/s1. The summed E-state index contributed by atoms with van der Waals surface area (Å²) < 4.78 is 7.17. The molecule has 1 aromatic heterocycles. The maximum Gasteiger partial charge on any atom is 0.235 e. The first kappa shape index (κ1) is 16.4. The van der Waals surface area contributed by atoms with Gasteiger partial charge in [0.2, 0.25) is 5.91 Å². The van der Waals surface area contributed by atoms with Crippen LogP contribution in [0.2, 0.25) is 0 Å². The molecule has 2 heterocycles. The topological polar surface area (TPSA) is 33.5 Å².